The largest absolute Gasteiger partial charge is 0.497 e. The van der Waals surface area contributed by atoms with E-state index in [4.69, 9.17) is 4.74 Å². The van der Waals surface area contributed by atoms with E-state index >= 15 is 0 Å². The Bertz CT molecular complexity index is 900. The molecule has 0 aliphatic carbocycles. The van der Waals surface area contributed by atoms with E-state index in [0.717, 1.165) is 16.9 Å². The molecule has 0 unspecified atom stereocenters. The summed E-state index contributed by atoms with van der Waals surface area (Å²) in [6, 6.07) is 15.3. The summed E-state index contributed by atoms with van der Waals surface area (Å²) in [5.41, 5.74) is 1.81. The van der Waals surface area contributed by atoms with Crippen LogP contribution in [0.4, 0.5) is 10.2 Å². The highest BCUT2D eigenvalue weighted by Crippen LogP contribution is 2.12. The standard InChI is InChI=1S/C20H18FN3O2/c1-26-18-9-4-15(5-10-18)6-11-20(25)22-19-12-13-24(23-19)14-16-2-7-17(21)8-3-16/h2-13H,14H2,1H3,(H,22,23,25)/b11-6+. The van der Waals surface area contributed by atoms with Crippen LogP contribution in [-0.2, 0) is 11.3 Å². The number of benzene rings is 2. The Hall–Kier alpha value is -3.41. The van der Waals surface area contributed by atoms with Crippen molar-refractivity contribution in [3.63, 3.8) is 0 Å². The first-order chi connectivity index (χ1) is 12.6. The number of hydrogen-bond donors (Lipinski definition) is 1. The zero-order valence-electron chi connectivity index (χ0n) is 14.2. The monoisotopic (exact) mass is 351 g/mol. The second-order valence-electron chi connectivity index (χ2n) is 5.62. The first-order valence-corrected chi connectivity index (χ1v) is 8.03. The molecule has 1 N–H and O–H groups in total. The maximum atomic E-state index is 12.9. The van der Waals surface area contributed by atoms with Crippen molar-refractivity contribution >= 4 is 17.8 Å². The second kappa shape index (κ2) is 8.11. The average molecular weight is 351 g/mol. The van der Waals surface area contributed by atoms with E-state index in [1.807, 2.05) is 24.3 Å². The predicted molar refractivity (Wildman–Crippen MR) is 98.4 cm³/mol. The number of hydrogen-bond acceptors (Lipinski definition) is 3. The molecule has 3 rings (SSSR count). The lowest BCUT2D eigenvalue weighted by Gasteiger charge is -2.02. The number of aromatic nitrogens is 2. The number of halogens is 1. The third-order valence-electron chi connectivity index (χ3n) is 3.69. The van der Waals surface area contributed by atoms with Crippen LogP contribution in [-0.4, -0.2) is 22.8 Å². The Balaban J connectivity index is 1.56. The van der Waals surface area contributed by atoms with E-state index in [-0.39, 0.29) is 11.7 Å². The van der Waals surface area contributed by atoms with Gasteiger partial charge in [-0.1, -0.05) is 24.3 Å². The first kappa shape index (κ1) is 17.4. The van der Waals surface area contributed by atoms with Gasteiger partial charge < -0.3 is 10.1 Å². The summed E-state index contributed by atoms with van der Waals surface area (Å²) in [7, 11) is 1.60. The highest BCUT2D eigenvalue weighted by atomic mass is 19.1. The summed E-state index contributed by atoms with van der Waals surface area (Å²) in [6.45, 7) is 0.498. The Morgan fingerprint density at radius 3 is 2.58 bits per heavy atom. The van der Waals surface area contributed by atoms with Crippen molar-refractivity contribution in [1.29, 1.82) is 0 Å². The SMILES string of the molecule is COc1ccc(/C=C/C(=O)Nc2ccn(Cc3ccc(F)cc3)n2)cc1. The van der Waals surface area contributed by atoms with Gasteiger partial charge in [-0.25, -0.2) is 4.39 Å². The number of rotatable bonds is 6. The molecule has 0 saturated carbocycles. The summed E-state index contributed by atoms with van der Waals surface area (Å²) < 4.78 is 19.7. The zero-order chi connectivity index (χ0) is 18.4. The predicted octanol–water partition coefficient (Wildman–Crippen LogP) is 3.73. The summed E-state index contributed by atoms with van der Waals surface area (Å²) in [6.07, 6.45) is 4.91. The van der Waals surface area contributed by atoms with Crippen LogP contribution in [0, 0.1) is 5.82 Å². The van der Waals surface area contributed by atoms with Gasteiger partial charge in [0, 0.05) is 18.3 Å². The minimum Gasteiger partial charge on any atom is -0.497 e. The van der Waals surface area contributed by atoms with Crippen molar-refractivity contribution < 1.29 is 13.9 Å². The van der Waals surface area contributed by atoms with Crippen LogP contribution >= 0.6 is 0 Å². The lowest BCUT2D eigenvalue weighted by atomic mass is 10.2. The summed E-state index contributed by atoms with van der Waals surface area (Å²) in [4.78, 5) is 12.0. The number of nitrogens with zero attached hydrogens (tertiary/aromatic N) is 2. The average Bonchev–Trinajstić information content (AvgIpc) is 3.09. The summed E-state index contributed by atoms with van der Waals surface area (Å²) >= 11 is 0. The summed E-state index contributed by atoms with van der Waals surface area (Å²) in [5.74, 6) is 0.674. The molecule has 0 aliphatic rings. The van der Waals surface area contributed by atoms with E-state index in [1.165, 1.54) is 18.2 Å². The molecule has 132 valence electrons. The van der Waals surface area contributed by atoms with Crippen molar-refractivity contribution in [3.8, 4) is 5.75 Å². The van der Waals surface area contributed by atoms with Gasteiger partial charge in [0.1, 0.15) is 11.6 Å². The van der Waals surface area contributed by atoms with Crippen LogP contribution in [0.25, 0.3) is 6.08 Å². The topological polar surface area (TPSA) is 56.1 Å². The Kier molecular flexibility index (Phi) is 5.43. The van der Waals surface area contributed by atoms with E-state index in [2.05, 4.69) is 10.4 Å². The third-order valence-corrected chi connectivity index (χ3v) is 3.69. The van der Waals surface area contributed by atoms with E-state index in [9.17, 15) is 9.18 Å². The van der Waals surface area contributed by atoms with Crippen molar-refractivity contribution in [3.05, 3.63) is 83.8 Å². The maximum Gasteiger partial charge on any atom is 0.249 e. The normalized spacial score (nSPS) is 10.8. The molecule has 5 nitrogen and oxygen atoms in total. The van der Waals surface area contributed by atoms with Gasteiger partial charge in [0.05, 0.1) is 13.7 Å². The molecular formula is C20H18FN3O2. The van der Waals surface area contributed by atoms with E-state index in [1.54, 1.807) is 42.3 Å². The molecule has 1 heterocycles. The molecule has 1 amide bonds. The minimum absolute atomic E-state index is 0.271. The zero-order valence-corrected chi connectivity index (χ0v) is 14.2. The van der Waals surface area contributed by atoms with E-state index in [0.29, 0.717) is 12.4 Å². The quantitative estimate of drug-likeness (QED) is 0.689. The molecule has 26 heavy (non-hydrogen) atoms. The van der Waals surface area contributed by atoms with Crippen molar-refractivity contribution in [2.75, 3.05) is 12.4 Å². The molecule has 2 aromatic carbocycles. The number of methoxy groups -OCH3 is 1. The number of carbonyl (C=O) groups is 1. The summed E-state index contributed by atoms with van der Waals surface area (Å²) in [5, 5.41) is 6.99. The fourth-order valence-corrected chi connectivity index (χ4v) is 2.35. The van der Waals surface area contributed by atoms with Gasteiger partial charge >= 0.3 is 0 Å². The Labute approximate surface area is 150 Å². The van der Waals surface area contributed by atoms with Gasteiger partial charge in [0.15, 0.2) is 5.82 Å². The molecule has 0 spiro atoms. The number of ether oxygens (including phenoxy) is 1. The number of carbonyl (C=O) groups excluding carboxylic acids is 1. The number of nitrogens with one attached hydrogen (secondary N) is 1. The van der Waals surface area contributed by atoms with Crippen molar-refractivity contribution in [2.45, 2.75) is 6.54 Å². The molecular weight excluding hydrogens is 333 g/mol. The van der Waals surface area contributed by atoms with Crippen LogP contribution in [0.1, 0.15) is 11.1 Å². The van der Waals surface area contributed by atoms with Gasteiger partial charge in [0.25, 0.3) is 0 Å². The molecule has 0 bridgehead atoms. The van der Waals surface area contributed by atoms with Crippen molar-refractivity contribution in [2.24, 2.45) is 0 Å². The molecule has 0 fully saturated rings. The first-order valence-electron chi connectivity index (χ1n) is 8.03. The third kappa shape index (κ3) is 4.80. The Morgan fingerprint density at radius 1 is 1.15 bits per heavy atom. The van der Waals surface area contributed by atoms with Gasteiger partial charge in [-0.2, -0.15) is 5.10 Å². The van der Waals surface area contributed by atoms with Gasteiger partial charge in [-0.15, -0.1) is 0 Å². The maximum absolute atomic E-state index is 12.9. The molecule has 0 saturated heterocycles. The molecule has 6 heteroatoms. The lowest BCUT2D eigenvalue weighted by molar-refractivity contribution is -0.111. The van der Waals surface area contributed by atoms with Crippen molar-refractivity contribution in [1.82, 2.24) is 9.78 Å². The minimum atomic E-state index is -0.272. The van der Waals surface area contributed by atoms with Gasteiger partial charge in [-0.05, 0) is 41.5 Å². The molecule has 0 radical (unpaired) electrons. The number of anilines is 1. The van der Waals surface area contributed by atoms with Gasteiger partial charge in [0.2, 0.25) is 5.91 Å². The smallest absolute Gasteiger partial charge is 0.249 e. The van der Waals surface area contributed by atoms with Crippen LogP contribution in [0.15, 0.2) is 66.9 Å². The highest BCUT2D eigenvalue weighted by Gasteiger charge is 2.03. The fourth-order valence-electron chi connectivity index (χ4n) is 2.35. The van der Waals surface area contributed by atoms with Gasteiger partial charge in [-0.3, -0.25) is 9.48 Å². The molecule has 0 atom stereocenters. The highest BCUT2D eigenvalue weighted by molar-refractivity contribution is 6.01. The molecule has 3 aromatic rings. The molecule has 1 aromatic heterocycles. The lowest BCUT2D eigenvalue weighted by Crippen LogP contribution is -2.09. The van der Waals surface area contributed by atoms with Crippen LogP contribution in [0.5, 0.6) is 5.75 Å². The number of amides is 1. The van der Waals surface area contributed by atoms with Crippen LogP contribution < -0.4 is 10.1 Å². The fraction of sp³-hybridized carbons (Fsp3) is 0.100. The van der Waals surface area contributed by atoms with Crippen LogP contribution in [0.3, 0.4) is 0 Å². The van der Waals surface area contributed by atoms with E-state index < -0.39 is 0 Å². The Morgan fingerprint density at radius 2 is 1.88 bits per heavy atom. The van der Waals surface area contributed by atoms with Crippen LogP contribution in [0.2, 0.25) is 0 Å². The second-order valence-corrected chi connectivity index (χ2v) is 5.62. The molecule has 0 aliphatic heterocycles.